The van der Waals surface area contributed by atoms with Gasteiger partial charge in [0.2, 0.25) is 5.91 Å². The summed E-state index contributed by atoms with van der Waals surface area (Å²) in [7, 11) is 0. The lowest BCUT2D eigenvalue weighted by molar-refractivity contribution is -0.140. The maximum absolute atomic E-state index is 12.8. The van der Waals surface area contributed by atoms with Gasteiger partial charge in [0, 0.05) is 38.4 Å². The molecule has 3 fully saturated rings. The molecule has 4 rings (SSSR count). The van der Waals surface area contributed by atoms with Gasteiger partial charge in [0.25, 0.3) is 6.47 Å². The van der Waals surface area contributed by atoms with Crippen molar-refractivity contribution < 1.29 is 29.3 Å². The summed E-state index contributed by atoms with van der Waals surface area (Å²) in [6.45, 7) is 3.13. The zero-order chi connectivity index (χ0) is 20.7. The van der Waals surface area contributed by atoms with Gasteiger partial charge in [-0.25, -0.2) is 0 Å². The number of rotatable bonds is 4. The molecule has 0 spiro atoms. The largest absolute Gasteiger partial charge is 0.483 e. The summed E-state index contributed by atoms with van der Waals surface area (Å²) in [5.41, 5.74) is 0.532. The second-order valence-electron chi connectivity index (χ2n) is 7.90. The van der Waals surface area contributed by atoms with Gasteiger partial charge in [0.15, 0.2) is 0 Å². The van der Waals surface area contributed by atoms with E-state index < -0.39 is 5.41 Å². The minimum absolute atomic E-state index is 0.0197. The molecule has 3 atom stereocenters. The van der Waals surface area contributed by atoms with Crippen LogP contribution < -0.4 is 5.32 Å². The zero-order valence-corrected chi connectivity index (χ0v) is 16.5. The maximum atomic E-state index is 12.8. The van der Waals surface area contributed by atoms with Gasteiger partial charge in [-0.3, -0.25) is 14.5 Å². The van der Waals surface area contributed by atoms with Gasteiger partial charge in [-0.1, -0.05) is 30.3 Å². The van der Waals surface area contributed by atoms with Crippen molar-refractivity contribution in [3.63, 3.8) is 0 Å². The average molecular weight is 406 g/mol. The minimum atomic E-state index is -0.676. The topological polar surface area (TPSA) is 108 Å². The molecule has 3 N–H and O–H groups in total. The summed E-state index contributed by atoms with van der Waals surface area (Å²) in [4.78, 5) is 23.6. The van der Waals surface area contributed by atoms with Crippen LogP contribution in [0.15, 0.2) is 30.3 Å². The van der Waals surface area contributed by atoms with Gasteiger partial charge >= 0.3 is 0 Å². The van der Waals surface area contributed by atoms with Crippen molar-refractivity contribution in [1.29, 1.82) is 0 Å². The van der Waals surface area contributed by atoms with E-state index >= 15 is 0 Å². The highest BCUT2D eigenvalue weighted by atomic mass is 16.5. The fourth-order valence-corrected chi connectivity index (χ4v) is 4.41. The molecular weight excluding hydrogens is 376 g/mol. The third-order valence-corrected chi connectivity index (χ3v) is 6.16. The van der Waals surface area contributed by atoms with E-state index in [0.717, 1.165) is 19.5 Å². The number of nitrogens with one attached hydrogen (secondary N) is 1. The lowest BCUT2D eigenvalue weighted by Gasteiger charge is -2.35. The summed E-state index contributed by atoms with van der Waals surface area (Å²) in [6.07, 6.45) is 2.19. The number of aliphatic hydroxyl groups is 1. The SMILES string of the molecule is O=C(N[C@H]1C[C@H]2CO[C@@H](c3ccccc3)CN2C1)C1(CO)CCOCC1.O=CO. The monoisotopic (exact) mass is 406 g/mol. The van der Waals surface area contributed by atoms with Crippen LogP contribution in [-0.2, 0) is 19.1 Å². The summed E-state index contributed by atoms with van der Waals surface area (Å²) in [6, 6.07) is 10.8. The highest BCUT2D eigenvalue weighted by molar-refractivity contribution is 5.83. The lowest BCUT2D eigenvalue weighted by Crippen LogP contribution is -2.50. The first kappa shape index (κ1) is 21.7. The Morgan fingerprint density at radius 1 is 1.24 bits per heavy atom. The smallest absolute Gasteiger partial charge is 0.290 e. The number of morpholine rings is 1. The molecule has 3 saturated heterocycles. The predicted molar refractivity (Wildman–Crippen MR) is 105 cm³/mol. The Hall–Kier alpha value is -2.00. The summed E-state index contributed by atoms with van der Waals surface area (Å²) in [5, 5.41) is 19.9. The third kappa shape index (κ3) is 5.14. The van der Waals surface area contributed by atoms with Crippen LogP contribution in [0.3, 0.4) is 0 Å². The molecule has 0 aliphatic carbocycles. The molecular formula is C21H30N2O6. The Balaban J connectivity index is 0.000000755. The highest BCUT2D eigenvalue weighted by Crippen LogP contribution is 2.33. The van der Waals surface area contributed by atoms with E-state index in [4.69, 9.17) is 19.4 Å². The van der Waals surface area contributed by atoms with Crippen LogP contribution in [0.5, 0.6) is 0 Å². The van der Waals surface area contributed by atoms with Crippen molar-refractivity contribution in [2.24, 2.45) is 5.41 Å². The Labute approximate surface area is 170 Å². The number of amides is 1. The average Bonchev–Trinajstić information content (AvgIpc) is 3.16. The number of hydrogen-bond donors (Lipinski definition) is 3. The van der Waals surface area contributed by atoms with Crippen molar-refractivity contribution in [2.75, 3.05) is 39.5 Å². The molecule has 0 saturated carbocycles. The van der Waals surface area contributed by atoms with E-state index in [0.29, 0.717) is 38.7 Å². The number of aliphatic hydroxyl groups excluding tert-OH is 1. The Morgan fingerprint density at radius 2 is 1.93 bits per heavy atom. The molecule has 8 nitrogen and oxygen atoms in total. The molecule has 0 bridgehead atoms. The summed E-state index contributed by atoms with van der Waals surface area (Å²) in [5.74, 6) is -0.0197. The van der Waals surface area contributed by atoms with E-state index in [1.165, 1.54) is 5.56 Å². The molecule has 0 aromatic heterocycles. The molecule has 0 unspecified atom stereocenters. The van der Waals surface area contributed by atoms with Crippen LogP contribution in [0.1, 0.15) is 30.9 Å². The van der Waals surface area contributed by atoms with E-state index in [1.807, 2.05) is 18.2 Å². The molecule has 160 valence electrons. The van der Waals surface area contributed by atoms with Gasteiger partial charge in [-0.05, 0) is 24.8 Å². The van der Waals surface area contributed by atoms with Crippen molar-refractivity contribution in [1.82, 2.24) is 10.2 Å². The number of carbonyl (C=O) groups is 2. The van der Waals surface area contributed by atoms with Gasteiger partial charge in [0.1, 0.15) is 0 Å². The Morgan fingerprint density at radius 3 is 2.59 bits per heavy atom. The molecule has 1 aromatic carbocycles. The van der Waals surface area contributed by atoms with Crippen LogP contribution in [0.4, 0.5) is 0 Å². The van der Waals surface area contributed by atoms with E-state index in [1.54, 1.807) is 0 Å². The van der Waals surface area contributed by atoms with Crippen LogP contribution >= 0.6 is 0 Å². The number of ether oxygens (including phenoxy) is 2. The first-order valence-electron chi connectivity index (χ1n) is 10.1. The normalized spacial score (nSPS) is 28.5. The van der Waals surface area contributed by atoms with Crippen LogP contribution in [0, 0.1) is 5.41 Å². The van der Waals surface area contributed by atoms with Gasteiger partial charge < -0.3 is 25.0 Å². The molecule has 1 amide bonds. The van der Waals surface area contributed by atoms with Gasteiger partial charge in [-0.2, -0.15) is 0 Å². The number of carbonyl (C=O) groups excluding carboxylic acids is 1. The minimum Gasteiger partial charge on any atom is -0.483 e. The Bertz CT molecular complexity index is 664. The first-order valence-corrected chi connectivity index (χ1v) is 10.1. The number of benzene rings is 1. The van der Waals surface area contributed by atoms with Crippen molar-refractivity contribution in [2.45, 2.75) is 37.5 Å². The molecule has 29 heavy (non-hydrogen) atoms. The number of fused-ring (bicyclic) bond motifs is 1. The van der Waals surface area contributed by atoms with Crippen molar-refractivity contribution in [3.8, 4) is 0 Å². The molecule has 3 aliphatic rings. The van der Waals surface area contributed by atoms with Crippen LogP contribution in [-0.4, -0.2) is 79.1 Å². The zero-order valence-electron chi connectivity index (χ0n) is 16.5. The highest BCUT2D eigenvalue weighted by Gasteiger charge is 2.43. The third-order valence-electron chi connectivity index (χ3n) is 6.16. The second-order valence-corrected chi connectivity index (χ2v) is 7.90. The number of nitrogens with zero attached hydrogens (tertiary/aromatic N) is 1. The second kappa shape index (κ2) is 10.2. The van der Waals surface area contributed by atoms with E-state index in [9.17, 15) is 9.90 Å². The van der Waals surface area contributed by atoms with E-state index in [-0.39, 0.29) is 31.1 Å². The van der Waals surface area contributed by atoms with Gasteiger partial charge in [0.05, 0.1) is 24.7 Å². The predicted octanol–water partition coefficient (Wildman–Crippen LogP) is 0.807. The van der Waals surface area contributed by atoms with Crippen molar-refractivity contribution >= 4 is 12.4 Å². The molecule has 0 radical (unpaired) electrons. The quantitative estimate of drug-likeness (QED) is 0.635. The van der Waals surface area contributed by atoms with Gasteiger partial charge in [-0.15, -0.1) is 0 Å². The fraction of sp³-hybridized carbons (Fsp3) is 0.619. The van der Waals surface area contributed by atoms with Crippen LogP contribution in [0.25, 0.3) is 0 Å². The molecule has 3 aliphatic heterocycles. The summed E-state index contributed by atoms with van der Waals surface area (Å²) < 4.78 is 11.4. The molecule has 3 heterocycles. The van der Waals surface area contributed by atoms with Crippen LogP contribution in [0.2, 0.25) is 0 Å². The Kier molecular flexibility index (Phi) is 7.60. The van der Waals surface area contributed by atoms with E-state index in [2.05, 4.69) is 22.3 Å². The fourth-order valence-electron chi connectivity index (χ4n) is 4.41. The maximum Gasteiger partial charge on any atom is 0.290 e. The number of carboxylic acid groups (broad SMARTS) is 1. The summed E-state index contributed by atoms with van der Waals surface area (Å²) >= 11 is 0. The molecule has 8 heteroatoms. The number of hydrogen-bond acceptors (Lipinski definition) is 6. The van der Waals surface area contributed by atoms with Crippen molar-refractivity contribution in [3.05, 3.63) is 35.9 Å². The first-order chi connectivity index (χ1) is 14.1. The molecule has 1 aromatic rings. The lowest BCUT2D eigenvalue weighted by atomic mass is 9.80. The standard InChI is InChI=1S/C20H28N2O4.CH2O2/c23-14-20(6-8-25-9-7-20)19(24)21-16-10-17-13-26-18(12-22(17)11-16)15-4-2-1-3-5-15;2-1-3/h1-5,16-18,23H,6-14H2,(H,21,24);1H,(H,2,3)/t16-,17-,18+;/m0./s1.